The first-order valence-corrected chi connectivity index (χ1v) is 12.7. The van der Waals surface area contributed by atoms with Gasteiger partial charge in [-0.1, -0.05) is 52.0 Å². The normalized spacial score (nSPS) is 20.4. The molecule has 1 saturated carbocycles. The van der Waals surface area contributed by atoms with Crippen molar-refractivity contribution in [1.29, 1.82) is 0 Å². The predicted molar refractivity (Wildman–Crippen MR) is 140 cm³/mol. The molecule has 1 unspecified atom stereocenters. The number of aliphatic hydroxyl groups excluding tert-OH is 1. The van der Waals surface area contributed by atoms with E-state index in [1.807, 2.05) is 41.5 Å². The predicted octanol–water partition coefficient (Wildman–Crippen LogP) is 7.70. The number of aliphatic imine (C=N–C) groups is 1. The third-order valence-electron chi connectivity index (χ3n) is 7.01. The van der Waals surface area contributed by atoms with Gasteiger partial charge in [0.1, 0.15) is 5.76 Å². The van der Waals surface area contributed by atoms with Crippen LogP contribution in [0.1, 0.15) is 103 Å². The standard InChI is InChI=1S/C19H22N.C11H20O2.Ir/c1-2-6-15-11-17(10-9-14(15)5-1)19-12-16-7-3-4-8-18(16)13-20-19;1-10(2,3)8(12)7-9(13)11(4,5)6;/h9,11,13,16H,1-8,12H2;7,12H,1-6H3;/q-1;;/p+1/b;8-7-;. The molecule has 0 bridgehead atoms. The van der Waals surface area contributed by atoms with Gasteiger partial charge in [0.25, 0.3) is 0 Å². The molecule has 1 atom stereocenters. The Hall–Kier alpha value is -1.51. The Balaban J connectivity index is 0.000000258. The molecule has 0 saturated heterocycles. The second-order valence-electron chi connectivity index (χ2n) is 11.9. The fourth-order valence-electron chi connectivity index (χ4n) is 4.53. The summed E-state index contributed by atoms with van der Waals surface area (Å²) >= 11 is 0. The van der Waals surface area contributed by atoms with E-state index >= 15 is 0 Å². The van der Waals surface area contributed by atoms with Gasteiger partial charge in [0.05, 0.1) is 11.5 Å². The summed E-state index contributed by atoms with van der Waals surface area (Å²) in [7, 11) is 0. The summed E-state index contributed by atoms with van der Waals surface area (Å²) in [6.07, 6.45) is 15.3. The number of nitrogens with zero attached hydrogens (tertiary/aromatic N) is 1. The number of ketones is 1. The van der Waals surface area contributed by atoms with Crippen molar-refractivity contribution in [3.63, 3.8) is 0 Å². The topological polar surface area (TPSA) is 54.0 Å². The fraction of sp³-hybridized carbons (Fsp3) is 0.600. The van der Waals surface area contributed by atoms with Crippen LogP contribution in [0.5, 0.6) is 0 Å². The average molecular weight is 642 g/mol. The van der Waals surface area contributed by atoms with Crippen molar-refractivity contribution < 1.29 is 30.0 Å². The van der Waals surface area contributed by atoms with Crippen LogP contribution in [-0.2, 0) is 32.9 Å². The number of rotatable bonds is 2. The van der Waals surface area contributed by atoms with Gasteiger partial charge >= 0.3 is 5.78 Å². The molecular formula is C30H43IrNO2. The maximum atomic E-state index is 9.60. The minimum atomic E-state index is -0.306. The van der Waals surface area contributed by atoms with E-state index in [2.05, 4.69) is 24.4 Å². The third-order valence-corrected chi connectivity index (χ3v) is 7.01. The second-order valence-corrected chi connectivity index (χ2v) is 11.9. The molecule has 2 N–H and O–H groups in total. The molecule has 189 valence electrons. The molecule has 1 radical (unpaired) electrons. The first-order valence-electron chi connectivity index (χ1n) is 12.7. The number of hydrogen-bond acceptors (Lipinski definition) is 2. The van der Waals surface area contributed by atoms with Crippen molar-refractivity contribution in [2.24, 2.45) is 21.7 Å². The summed E-state index contributed by atoms with van der Waals surface area (Å²) in [5, 5.41) is 9.60. The zero-order valence-corrected chi connectivity index (χ0v) is 24.3. The quantitative estimate of drug-likeness (QED) is 0.153. The smallest absolute Gasteiger partial charge is 0.325 e. The van der Waals surface area contributed by atoms with Gasteiger partial charge in [-0.2, -0.15) is 0 Å². The number of allylic oxidation sites excluding steroid dienone is 3. The zero-order chi connectivity index (χ0) is 24.2. The SMILES string of the molecule is CC(C)(C)C(=[OH+])/C=C(\O)C(C)(C)C.[Ir].[c-]1cc2c(cc1C1=NC=C3CCCCC3C1)CCCC2. The molecule has 3 aliphatic rings. The average Bonchev–Trinajstić information content (AvgIpc) is 2.77. The van der Waals surface area contributed by atoms with Crippen LogP contribution < -0.4 is 0 Å². The summed E-state index contributed by atoms with van der Waals surface area (Å²) in [6.45, 7) is 11.4. The summed E-state index contributed by atoms with van der Waals surface area (Å²) in [4.78, 5) is 14.4. The van der Waals surface area contributed by atoms with E-state index in [0.717, 1.165) is 12.3 Å². The van der Waals surface area contributed by atoms with Crippen LogP contribution in [-0.4, -0.2) is 21.4 Å². The van der Waals surface area contributed by atoms with E-state index < -0.39 is 0 Å². The first kappa shape index (κ1) is 28.7. The summed E-state index contributed by atoms with van der Waals surface area (Å²) in [5.74, 6) is 1.18. The number of fused-ring (bicyclic) bond motifs is 2. The molecule has 4 heteroatoms. The number of carbonyl (C=O) groups excluding carboxylic acids is 1. The second kappa shape index (κ2) is 12.0. The summed E-state index contributed by atoms with van der Waals surface area (Å²) < 4.78 is 0. The van der Waals surface area contributed by atoms with E-state index in [1.165, 1.54) is 74.3 Å². The van der Waals surface area contributed by atoms with Gasteiger partial charge in [-0.05, 0) is 64.5 Å². The van der Waals surface area contributed by atoms with Crippen molar-refractivity contribution in [2.45, 2.75) is 99.3 Å². The fourth-order valence-corrected chi connectivity index (χ4v) is 4.53. The molecule has 0 aromatic heterocycles. The van der Waals surface area contributed by atoms with Gasteiger partial charge in [-0.25, -0.2) is 0 Å². The molecule has 1 heterocycles. The Kier molecular flexibility index (Phi) is 10.1. The number of benzene rings is 1. The van der Waals surface area contributed by atoms with Gasteiger partial charge in [-0.15, -0.1) is 34.9 Å². The van der Waals surface area contributed by atoms with Crippen molar-refractivity contribution in [3.05, 3.63) is 58.5 Å². The third kappa shape index (κ3) is 7.75. The van der Waals surface area contributed by atoms with Crippen LogP contribution in [0.4, 0.5) is 0 Å². The molecule has 3 nitrogen and oxygen atoms in total. The van der Waals surface area contributed by atoms with Crippen LogP contribution in [0.2, 0.25) is 0 Å². The molecule has 1 fully saturated rings. The van der Waals surface area contributed by atoms with Gasteiger partial charge in [0, 0.05) is 31.7 Å². The van der Waals surface area contributed by atoms with E-state index in [1.54, 1.807) is 11.1 Å². The molecule has 1 aromatic rings. The van der Waals surface area contributed by atoms with Crippen LogP contribution in [0.25, 0.3) is 0 Å². The van der Waals surface area contributed by atoms with Crippen molar-refractivity contribution in [2.75, 3.05) is 0 Å². The van der Waals surface area contributed by atoms with Crippen LogP contribution in [0.3, 0.4) is 0 Å². The van der Waals surface area contributed by atoms with E-state index in [9.17, 15) is 9.90 Å². The summed E-state index contributed by atoms with van der Waals surface area (Å²) in [5.41, 5.74) is 6.58. The van der Waals surface area contributed by atoms with Crippen molar-refractivity contribution in [3.8, 4) is 0 Å². The maximum absolute atomic E-state index is 9.60. The van der Waals surface area contributed by atoms with E-state index in [0.29, 0.717) is 0 Å². The minimum Gasteiger partial charge on any atom is -0.511 e. The number of aryl methyl sites for hydroxylation is 2. The Morgan fingerprint density at radius 1 is 1.00 bits per heavy atom. The van der Waals surface area contributed by atoms with E-state index in [4.69, 9.17) is 4.99 Å². The molecule has 1 aromatic carbocycles. The largest absolute Gasteiger partial charge is 0.511 e. The van der Waals surface area contributed by atoms with Crippen molar-refractivity contribution in [1.82, 2.24) is 0 Å². The molecule has 1 aliphatic heterocycles. The van der Waals surface area contributed by atoms with Gasteiger partial charge in [0.15, 0.2) is 0 Å². The molecule has 0 amide bonds. The maximum Gasteiger partial charge on any atom is 0.325 e. The molecule has 2 aliphatic carbocycles. The molecule has 34 heavy (non-hydrogen) atoms. The summed E-state index contributed by atoms with van der Waals surface area (Å²) in [6, 6.07) is 8.10. The number of hydrogen-bond donors (Lipinski definition) is 1. The van der Waals surface area contributed by atoms with Crippen LogP contribution in [0.15, 0.2) is 40.7 Å². The van der Waals surface area contributed by atoms with Crippen LogP contribution >= 0.6 is 0 Å². The Bertz CT molecular complexity index is 957. The molecular weight excluding hydrogens is 599 g/mol. The monoisotopic (exact) mass is 642 g/mol. The Morgan fingerprint density at radius 3 is 2.29 bits per heavy atom. The first-order chi connectivity index (χ1) is 15.4. The minimum absolute atomic E-state index is 0. The van der Waals surface area contributed by atoms with Gasteiger partial charge in [0.2, 0.25) is 0 Å². The zero-order valence-electron chi connectivity index (χ0n) is 21.9. The van der Waals surface area contributed by atoms with Crippen molar-refractivity contribution >= 4 is 11.5 Å². The Labute approximate surface area is 220 Å². The van der Waals surface area contributed by atoms with Gasteiger partial charge in [-0.3, -0.25) is 4.79 Å². The number of aliphatic hydroxyl groups is 1. The molecule has 0 spiro atoms. The Morgan fingerprint density at radius 2 is 1.65 bits per heavy atom. The van der Waals surface area contributed by atoms with E-state index in [-0.39, 0.29) is 42.5 Å². The van der Waals surface area contributed by atoms with Crippen LogP contribution in [0, 0.1) is 22.8 Å². The van der Waals surface area contributed by atoms with Gasteiger partial charge < -0.3 is 10.1 Å². The molecule has 4 rings (SSSR count).